The number of aryl methyl sites for hydroxylation is 1. The number of hydrogen-bond acceptors (Lipinski definition) is 5. The van der Waals surface area contributed by atoms with Gasteiger partial charge < -0.3 is 10.1 Å². The molecule has 0 aliphatic heterocycles. The Morgan fingerprint density at radius 2 is 2.10 bits per heavy atom. The molecule has 108 valence electrons. The topological polar surface area (TPSA) is 69.4 Å². The van der Waals surface area contributed by atoms with Crippen LogP contribution in [0.1, 0.15) is 12.5 Å². The number of thioether (sulfide) groups is 1. The second kappa shape index (κ2) is 7.86. The molecule has 2 N–H and O–H groups in total. The number of hydrogen-bond donors (Lipinski definition) is 1. The van der Waals surface area contributed by atoms with Gasteiger partial charge in [-0.25, -0.2) is 4.68 Å². The summed E-state index contributed by atoms with van der Waals surface area (Å²) in [6, 6.07) is 8.27. The highest BCUT2D eigenvalue weighted by molar-refractivity contribution is 7.99. The van der Waals surface area contributed by atoms with Crippen molar-refractivity contribution in [3.63, 3.8) is 0 Å². The maximum absolute atomic E-state index is 5.42. The summed E-state index contributed by atoms with van der Waals surface area (Å²) in [7, 11) is 1.85. The largest absolute Gasteiger partial charge is 0.494 e. The summed E-state index contributed by atoms with van der Waals surface area (Å²) in [5.74, 6) is 1.92. The molecule has 0 spiro atoms. The van der Waals surface area contributed by atoms with Gasteiger partial charge in [-0.1, -0.05) is 11.8 Å². The van der Waals surface area contributed by atoms with E-state index >= 15 is 0 Å². The van der Waals surface area contributed by atoms with Gasteiger partial charge in [-0.3, -0.25) is 0 Å². The van der Waals surface area contributed by atoms with Gasteiger partial charge in [0.1, 0.15) is 12.3 Å². The van der Waals surface area contributed by atoms with Gasteiger partial charge >= 0.3 is 0 Å². The average Bonchev–Trinajstić information content (AvgIpc) is 2.86. The molecule has 0 saturated heterocycles. The van der Waals surface area contributed by atoms with Crippen LogP contribution in [0.3, 0.4) is 0 Å². The van der Waals surface area contributed by atoms with Gasteiger partial charge in [-0.05, 0) is 41.6 Å². The Bertz CT molecular complexity index is 514. The highest BCUT2D eigenvalue weighted by atomic mass is 32.2. The second-order valence-corrected chi connectivity index (χ2v) is 5.35. The molecule has 0 unspecified atom stereocenters. The predicted molar refractivity (Wildman–Crippen MR) is 77.6 cm³/mol. The molecule has 2 rings (SSSR count). The van der Waals surface area contributed by atoms with Crippen LogP contribution in [0, 0.1) is 0 Å². The van der Waals surface area contributed by atoms with E-state index in [4.69, 9.17) is 4.74 Å². The number of aromatic nitrogens is 4. The van der Waals surface area contributed by atoms with Crippen molar-refractivity contribution < 1.29 is 10.1 Å². The van der Waals surface area contributed by atoms with Crippen molar-refractivity contribution in [2.75, 3.05) is 18.9 Å². The molecule has 0 aliphatic rings. The molecule has 0 radical (unpaired) electrons. The van der Waals surface area contributed by atoms with Gasteiger partial charge in [-0.15, -0.1) is 5.10 Å². The lowest BCUT2D eigenvalue weighted by molar-refractivity contribution is -0.666. The zero-order valence-electron chi connectivity index (χ0n) is 11.8. The van der Waals surface area contributed by atoms with Crippen LogP contribution in [0.4, 0.5) is 0 Å². The summed E-state index contributed by atoms with van der Waals surface area (Å²) in [6.07, 6.45) is 0. The highest BCUT2D eigenvalue weighted by Crippen LogP contribution is 2.11. The number of nitrogens with two attached hydrogens (primary N) is 1. The fourth-order valence-electron chi connectivity index (χ4n) is 1.73. The number of benzene rings is 1. The van der Waals surface area contributed by atoms with Gasteiger partial charge in [-0.2, -0.15) is 0 Å². The minimum atomic E-state index is 0.708. The Balaban J connectivity index is 1.64. The molecular weight excluding hydrogens is 274 g/mol. The van der Waals surface area contributed by atoms with Crippen molar-refractivity contribution >= 4 is 11.8 Å². The van der Waals surface area contributed by atoms with E-state index in [0.29, 0.717) is 6.61 Å². The number of quaternary nitrogens is 1. The molecule has 1 aromatic heterocycles. The third-order valence-electron chi connectivity index (χ3n) is 2.75. The van der Waals surface area contributed by atoms with Crippen molar-refractivity contribution in [2.24, 2.45) is 7.05 Å². The van der Waals surface area contributed by atoms with E-state index in [2.05, 4.69) is 33.0 Å². The van der Waals surface area contributed by atoms with Crippen molar-refractivity contribution in [3.8, 4) is 5.75 Å². The maximum Gasteiger partial charge on any atom is 0.209 e. The first-order chi connectivity index (χ1) is 9.79. The first-order valence-corrected chi connectivity index (χ1v) is 7.66. The summed E-state index contributed by atoms with van der Waals surface area (Å²) < 4.78 is 7.11. The molecule has 0 atom stereocenters. The Kier molecular flexibility index (Phi) is 5.82. The summed E-state index contributed by atoms with van der Waals surface area (Å²) in [5.41, 5.74) is 1.30. The molecule has 0 amide bonds. The number of nitrogens with zero attached hydrogens (tertiary/aromatic N) is 4. The molecule has 7 heteroatoms. The van der Waals surface area contributed by atoms with Crippen LogP contribution in [-0.2, 0) is 13.6 Å². The fourth-order valence-corrected chi connectivity index (χ4v) is 2.52. The molecule has 2 aromatic rings. The van der Waals surface area contributed by atoms with Crippen LogP contribution in [0.2, 0.25) is 0 Å². The molecule has 20 heavy (non-hydrogen) atoms. The van der Waals surface area contributed by atoms with Gasteiger partial charge in [0, 0.05) is 12.6 Å². The third kappa shape index (κ3) is 4.50. The van der Waals surface area contributed by atoms with Crippen LogP contribution in [0.15, 0.2) is 29.4 Å². The first-order valence-electron chi connectivity index (χ1n) is 6.68. The lowest BCUT2D eigenvalue weighted by atomic mass is 10.2. The van der Waals surface area contributed by atoms with Crippen LogP contribution in [-0.4, -0.2) is 39.1 Å². The molecule has 0 bridgehead atoms. The van der Waals surface area contributed by atoms with Gasteiger partial charge in [0.25, 0.3) is 0 Å². The van der Waals surface area contributed by atoms with Gasteiger partial charge in [0.05, 0.1) is 18.9 Å². The molecule has 6 nitrogen and oxygen atoms in total. The summed E-state index contributed by atoms with van der Waals surface area (Å²) >= 11 is 1.67. The van der Waals surface area contributed by atoms with E-state index in [-0.39, 0.29) is 0 Å². The zero-order valence-corrected chi connectivity index (χ0v) is 12.6. The average molecular weight is 294 g/mol. The van der Waals surface area contributed by atoms with Crippen molar-refractivity contribution in [2.45, 2.75) is 18.6 Å². The van der Waals surface area contributed by atoms with E-state index in [1.165, 1.54) is 5.56 Å². The molecule has 0 fully saturated rings. The first kappa shape index (κ1) is 14.8. The lowest BCUT2D eigenvalue weighted by Gasteiger charge is -2.04. The molecule has 0 aliphatic carbocycles. The molecular formula is C13H20N5OS+. The smallest absolute Gasteiger partial charge is 0.209 e. The zero-order chi connectivity index (χ0) is 14.2. The third-order valence-corrected chi connectivity index (χ3v) is 3.79. The van der Waals surface area contributed by atoms with E-state index in [1.807, 2.05) is 26.1 Å². The van der Waals surface area contributed by atoms with Crippen LogP contribution in [0.5, 0.6) is 5.75 Å². The van der Waals surface area contributed by atoms with Crippen LogP contribution >= 0.6 is 11.8 Å². The minimum absolute atomic E-state index is 0.708. The van der Waals surface area contributed by atoms with Gasteiger partial charge in [0.2, 0.25) is 5.16 Å². The van der Waals surface area contributed by atoms with Crippen molar-refractivity contribution in [3.05, 3.63) is 29.8 Å². The van der Waals surface area contributed by atoms with Gasteiger partial charge in [0.15, 0.2) is 0 Å². The van der Waals surface area contributed by atoms with E-state index in [1.54, 1.807) is 16.4 Å². The predicted octanol–water partition coefficient (Wildman–Crippen LogP) is 0.464. The highest BCUT2D eigenvalue weighted by Gasteiger charge is 2.03. The quantitative estimate of drug-likeness (QED) is 0.566. The molecule has 1 aromatic carbocycles. The standard InChI is InChI=1S/C13H19N5OS/c1-3-19-12-6-4-11(5-7-12)10-14-8-9-20-13-15-16-17-18(13)2/h4-7,14H,3,8-10H2,1-2H3/p+1. The van der Waals surface area contributed by atoms with E-state index in [0.717, 1.165) is 29.7 Å². The summed E-state index contributed by atoms with van der Waals surface area (Å²) in [5, 5.41) is 14.5. The monoisotopic (exact) mass is 294 g/mol. The second-order valence-electron chi connectivity index (χ2n) is 4.29. The maximum atomic E-state index is 5.42. The van der Waals surface area contributed by atoms with Crippen molar-refractivity contribution in [1.82, 2.24) is 20.2 Å². The summed E-state index contributed by atoms with van der Waals surface area (Å²) in [6.45, 7) is 4.71. The lowest BCUT2D eigenvalue weighted by Crippen LogP contribution is -2.83. The van der Waals surface area contributed by atoms with E-state index < -0.39 is 0 Å². The number of tetrazole rings is 1. The Morgan fingerprint density at radius 1 is 1.30 bits per heavy atom. The minimum Gasteiger partial charge on any atom is -0.494 e. The molecule has 0 saturated carbocycles. The fraction of sp³-hybridized carbons (Fsp3) is 0.462. The van der Waals surface area contributed by atoms with Crippen molar-refractivity contribution in [1.29, 1.82) is 0 Å². The Hall–Kier alpha value is -1.60. The normalized spacial score (nSPS) is 10.7. The van der Waals surface area contributed by atoms with Crippen LogP contribution in [0.25, 0.3) is 0 Å². The van der Waals surface area contributed by atoms with Crippen LogP contribution < -0.4 is 10.1 Å². The Labute approximate surface area is 122 Å². The molecule has 1 heterocycles. The number of rotatable bonds is 8. The van der Waals surface area contributed by atoms with E-state index in [9.17, 15) is 0 Å². The Morgan fingerprint density at radius 3 is 2.75 bits per heavy atom. The summed E-state index contributed by atoms with van der Waals surface area (Å²) in [4.78, 5) is 0. The number of ether oxygens (including phenoxy) is 1. The SMILES string of the molecule is CCOc1ccc(C[NH2+]CCSc2nnnn2C)cc1.